The second-order valence-corrected chi connectivity index (χ2v) is 15.7. The third-order valence-electron chi connectivity index (χ3n) is 10.00. The van der Waals surface area contributed by atoms with Gasteiger partial charge in [0.1, 0.15) is 22.3 Å². The van der Waals surface area contributed by atoms with Crippen LogP contribution in [-0.2, 0) is 10.8 Å². The summed E-state index contributed by atoms with van der Waals surface area (Å²) in [5.41, 5.74) is 13.9. The first-order chi connectivity index (χ1) is 25.1. The molecule has 0 radical (unpaired) electrons. The van der Waals surface area contributed by atoms with Gasteiger partial charge in [0.15, 0.2) is 0 Å². The number of benzene rings is 7. The molecule has 2 aromatic heterocycles. The van der Waals surface area contributed by atoms with Gasteiger partial charge >= 0.3 is 0 Å². The standard InChI is InChI=1S/C28H24O.C22H20O.2CH4/c1-28(2,3)27-22(20-13-8-5-9-14-20)17-18-24-26(27)25-21(15-10-16-23(25)29-24)19-11-6-4-7-12-19;1-22(2,3)17-12-8-14-19-21(17)20-16(11-7-13-18(20)23-19)15-9-5-4-6-10-15;;/h4-18H,1-3H3;4-14H,1-3H3;2*1H4. The highest BCUT2D eigenvalue weighted by Crippen LogP contribution is 2.46. The second-order valence-electron chi connectivity index (χ2n) is 15.7. The highest BCUT2D eigenvalue weighted by atomic mass is 16.3. The number of fused-ring (bicyclic) bond motifs is 6. The summed E-state index contributed by atoms with van der Waals surface area (Å²) in [6, 6.07) is 55.2. The van der Waals surface area contributed by atoms with E-state index < -0.39 is 0 Å². The molecule has 0 aliphatic rings. The van der Waals surface area contributed by atoms with Gasteiger partial charge in [-0.1, -0.05) is 190 Å². The highest BCUT2D eigenvalue weighted by molar-refractivity contribution is 6.16. The van der Waals surface area contributed by atoms with Crippen molar-refractivity contribution in [1.82, 2.24) is 0 Å². The molecule has 0 spiro atoms. The van der Waals surface area contributed by atoms with Crippen LogP contribution in [0.1, 0.15) is 67.5 Å². The average Bonchev–Trinajstić information content (AvgIpc) is 3.73. The lowest BCUT2D eigenvalue weighted by Gasteiger charge is -2.24. The zero-order valence-corrected chi connectivity index (χ0v) is 30.8. The van der Waals surface area contributed by atoms with Crippen LogP contribution in [0, 0.1) is 0 Å². The van der Waals surface area contributed by atoms with E-state index in [1.807, 2.05) is 0 Å². The van der Waals surface area contributed by atoms with Gasteiger partial charge in [-0.2, -0.15) is 0 Å². The van der Waals surface area contributed by atoms with Crippen LogP contribution < -0.4 is 0 Å². The minimum atomic E-state index is -0.0364. The van der Waals surface area contributed by atoms with E-state index in [0.717, 1.165) is 22.3 Å². The molecule has 9 rings (SSSR count). The molecule has 2 heterocycles. The van der Waals surface area contributed by atoms with Crippen molar-refractivity contribution in [3.63, 3.8) is 0 Å². The van der Waals surface area contributed by atoms with Gasteiger partial charge in [-0.25, -0.2) is 0 Å². The van der Waals surface area contributed by atoms with Gasteiger partial charge in [0.25, 0.3) is 0 Å². The summed E-state index contributed by atoms with van der Waals surface area (Å²) in [5.74, 6) is 0. The van der Waals surface area contributed by atoms with Crippen molar-refractivity contribution in [2.24, 2.45) is 0 Å². The van der Waals surface area contributed by atoms with Gasteiger partial charge in [-0.05, 0) is 79.6 Å². The maximum Gasteiger partial charge on any atom is 0.136 e. The van der Waals surface area contributed by atoms with Crippen molar-refractivity contribution in [2.45, 2.75) is 67.2 Å². The van der Waals surface area contributed by atoms with Crippen molar-refractivity contribution in [1.29, 1.82) is 0 Å². The van der Waals surface area contributed by atoms with E-state index >= 15 is 0 Å². The fourth-order valence-corrected chi connectivity index (χ4v) is 7.75. The topological polar surface area (TPSA) is 26.3 Å². The number of rotatable bonds is 3. The molecule has 0 aliphatic heterocycles. The number of hydrogen-bond donors (Lipinski definition) is 0. The third kappa shape index (κ3) is 6.85. The molecule has 0 amide bonds. The Morgan fingerprint density at radius 3 is 1.15 bits per heavy atom. The molecule has 2 nitrogen and oxygen atoms in total. The molecule has 0 saturated heterocycles. The maximum atomic E-state index is 6.34. The molecule has 272 valence electrons. The summed E-state index contributed by atoms with van der Waals surface area (Å²) in [6.45, 7) is 13.6. The van der Waals surface area contributed by atoms with Crippen LogP contribution in [0.4, 0.5) is 0 Å². The van der Waals surface area contributed by atoms with Crippen LogP contribution in [0.2, 0.25) is 0 Å². The van der Waals surface area contributed by atoms with E-state index in [4.69, 9.17) is 8.83 Å². The highest BCUT2D eigenvalue weighted by Gasteiger charge is 2.26. The summed E-state index contributed by atoms with van der Waals surface area (Å²) < 4.78 is 12.5. The fourth-order valence-electron chi connectivity index (χ4n) is 7.75. The van der Waals surface area contributed by atoms with E-state index in [-0.39, 0.29) is 25.7 Å². The number of furan rings is 2. The molecule has 0 unspecified atom stereocenters. The zero-order chi connectivity index (χ0) is 36.0. The molecule has 0 N–H and O–H groups in total. The quantitative estimate of drug-likeness (QED) is 0.183. The first-order valence-corrected chi connectivity index (χ1v) is 18.2. The monoisotopic (exact) mass is 708 g/mol. The molecule has 2 heteroatoms. The van der Waals surface area contributed by atoms with Crippen LogP contribution in [0.3, 0.4) is 0 Å². The van der Waals surface area contributed by atoms with Gasteiger partial charge in [0, 0.05) is 21.5 Å². The van der Waals surface area contributed by atoms with Crippen molar-refractivity contribution in [3.8, 4) is 33.4 Å². The first kappa shape index (κ1) is 37.9. The van der Waals surface area contributed by atoms with E-state index in [1.54, 1.807) is 0 Å². The molecule has 54 heavy (non-hydrogen) atoms. The van der Waals surface area contributed by atoms with Gasteiger partial charge in [0.2, 0.25) is 0 Å². The molecule has 0 atom stereocenters. The van der Waals surface area contributed by atoms with E-state index in [2.05, 4.69) is 199 Å². The number of hydrogen-bond acceptors (Lipinski definition) is 2. The van der Waals surface area contributed by atoms with Gasteiger partial charge in [-0.3, -0.25) is 0 Å². The van der Waals surface area contributed by atoms with E-state index in [9.17, 15) is 0 Å². The minimum absolute atomic E-state index is 0. The van der Waals surface area contributed by atoms with E-state index in [0.29, 0.717) is 0 Å². The largest absolute Gasteiger partial charge is 0.456 e. The van der Waals surface area contributed by atoms with Crippen LogP contribution in [0.5, 0.6) is 0 Å². The molecular weight excluding hydrogens is 657 g/mol. The molecule has 0 aliphatic carbocycles. The SMILES string of the molecule is C.C.CC(C)(C)c1c(-c2ccccc2)ccc2oc3cccc(-c4ccccc4)c3c12.CC(C)(C)c1cccc2oc3cccc(-c4ccccc4)c3c12. The lowest BCUT2D eigenvalue weighted by atomic mass is 9.78. The Bertz CT molecular complexity index is 2660. The van der Waals surface area contributed by atoms with Crippen LogP contribution in [0.25, 0.3) is 77.3 Å². The van der Waals surface area contributed by atoms with Crippen molar-refractivity contribution >= 4 is 43.9 Å². The second kappa shape index (κ2) is 14.9. The van der Waals surface area contributed by atoms with Crippen LogP contribution >= 0.6 is 0 Å². The minimum Gasteiger partial charge on any atom is -0.456 e. The Hall–Kier alpha value is -5.86. The van der Waals surface area contributed by atoms with Crippen LogP contribution in [-0.4, -0.2) is 0 Å². The van der Waals surface area contributed by atoms with Crippen molar-refractivity contribution in [3.05, 3.63) is 169 Å². The summed E-state index contributed by atoms with van der Waals surface area (Å²) in [5, 5.41) is 4.90. The van der Waals surface area contributed by atoms with Gasteiger partial charge in [-0.15, -0.1) is 0 Å². The molecule has 9 aromatic rings. The van der Waals surface area contributed by atoms with Crippen molar-refractivity contribution < 1.29 is 8.83 Å². The Balaban J connectivity index is 0.000000182. The zero-order valence-electron chi connectivity index (χ0n) is 30.8. The smallest absolute Gasteiger partial charge is 0.136 e. The average molecular weight is 709 g/mol. The molecular formula is C52H52O2. The van der Waals surface area contributed by atoms with Gasteiger partial charge < -0.3 is 8.83 Å². The summed E-state index contributed by atoms with van der Waals surface area (Å²) in [4.78, 5) is 0. The molecule has 7 aromatic carbocycles. The Morgan fingerprint density at radius 1 is 0.315 bits per heavy atom. The lowest BCUT2D eigenvalue weighted by molar-refractivity contribution is 0.594. The predicted molar refractivity (Wildman–Crippen MR) is 235 cm³/mol. The summed E-state index contributed by atoms with van der Waals surface area (Å²) in [7, 11) is 0. The Kier molecular flexibility index (Phi) is 10.4. The fraction of sp³-hybridized carbons (Fsp3) is 0.192. The maximum absolute atomic E-state index is 6.34. The third-order valence-corrected chi connectivity index (χ3v) is 10.00. The predicted octanol–water partition coefficient (Wildman–Crippen LogP) is 16.0. The Labute approximate surface area is 321 Å². The summed E-state index contributed by atoms with van der Waals surface area (Å²) in [6.07, 6.45) is 0. The van der Waals surface area contributed by atoms with Crippen molar-refractivity contribution in [2.75, 3.05) is 0 Å². The normalized spacial score (nSPS) is 11.6. The first-order valence-electron chi connectivity index (χ1n) is 18.2. The van der Waals surface area contributed by atoms with Gasteiger partial charge in [0.05, 0.1) is 0 Å². The van der Waals surface area contributed by atoms with E-state index in [1.165, 1.54) is 66.1 Å². The molecule has 0 saturated carbocycles. The lowest BCUT2D eigenvalue weighted by Crippen LogP contribution is -2.13. The van der Waals surface area contributed by atoms with Crippen LogP contribution in [0.15, 0.2) is 167 Å². The molecule has 0 bridgehead atoms. The molecule has 0 fully saturated rings. The summed E-state index contributed by atoms with van der Waals surface area (Å²) >= 11 is 0. The Morgan fingerprint density at radius 2 is 0.704 bits per heavy atom.